The number of esters is 1. The standard InChI is InChI=1S/C12H8Cl2N2O3/c1-19-12(18)7-5-15-16(10(7)6-17)9-4-2-3-8(13)11(9)14/h2-6H,1H3. The Bertz CT molecular complexity index is 652. The third kappa shape index (κ3) is 2.34. The van der Waals surface area contributed by atoms with Crippen molar-refractivity contribution in [2.75, 3.05) is 7.11 Å². The first kappa shape index (κ1) is 13.6. The highest BCUT2D eigenvalue weighted by Gasteiger charge is 2.20. The van der Waals surface area contributed by atoms with E-state index in [-0.39, 0.29) is 16.3 Å². The maximum absolute atomic E-state index is 11.5. The Hall–Kier alpha value is -1.85. The lowest BCUT2D eigenvalue weighted by atomic mass is 10.2. The predicted octanol–water partition coefficient (Wildman–Crippen LogP) is 2.78. The number of rotatable bonds is 3. The Morgan fingerprint density at radius 3 is 2.79 bits per heavy atom. The summed E-state index contributed by atoms with van der Waals surface area (Å²) < 4.78 is 5.82. The van der Waals surface area contributed by atoms with Gasteiger partial charge in [-0.3, -0.25) is 4.79 Å². The van der Waals surface area contributed by atoms with Crippen LogP contribution in [0.4, 0.5) is 0 Å². The van der Waals surface area contributed by atoms with E-state index in [0.717, 1.165) is 0 Å². The zero-order valence-corrected chi connectivity index (χ0v) is 11.3. The van der Waals surface area contributed by atoms with E-state index in [9.17, 15) is 9.59 Å². The van der Waals surface area contributed by atoms with Crippen LogP contribution in [0.15, 0.2) is 24.4 Å². The Morgan fingerprint density at radius 2 is 2.16 bits per heavy atom. The van der Waals surface area contributed by atoms with E-state index in [2.05, 4.69) is 9.84 Å². The molecule has 0 bridgehead atoms. The molecule has 0 saturated carbocycles. The van der Waals surface area contributed by atoms with Crippen LogP contribution in [0.25, 0.3) is 5.69 Å². The molecule has 7 heteroatoms. The third-order valence-electron chi connectivity index (χ3n) is 2.48. The summed E-state index contributed by atoms with van der Waals surface area (Å²) in [6.07, 6.45) is 1.75. The smallest absolute Gasteiger partial charge is 0.341 e. The van der Waals surface area contributed by atoms with Crippen LogP contribution in [0, 0.1) is 0 Å². The Balaban J connectivity index is 2.64. The van der Waals surface area contributed by atoms with Crippen LogP contribution in [0.3, 0.4) is 0 Å². The summed E-state index contributed by atoms with van der Waals surface area (Å²) in [6, 6.07) is 4.91. The Morgan fingerprint density at radius 1 is 1.42 bits per heavy atom. The molecule has 2 aromatic rings. The van der Waals surface area contributed by atoms with Crippen molar-refractivity contribution in [3.63, 3.8) is 0 Å². The summed E-state index contributed by atoms with van der Waals surface area (Å²) in [6.45, 7) is 0. The van der Waals surface area contributed by atoms with Crippen molar-refractivity contribution in [1.82, 2.24) is 9.78 Å². The van der Waals surface area contributed by atoms with Gasteiger partial charge in [0.15, 0.2) is 6.29 Å². The molecule has 2 rings (SSSR count). The monoisotopic (exact) mass is 298 g/mol. The molecule has 1 aromatic heterocycles. The van der Waals surface area contributed by atoms with Crippen molar-refractivity contribution < 1.29 is 14.3 Å². The Labute approximate surface area is 118 Å². The second kappa shape index (κ2) is 5.42. The highest BCUT2D eigenvalue weighted by atomic mass is 35.5. The molecule has 19 heavy (non-hydrogen) atoms. The lowest BCUT2D eigenvalue weighted by Gasteiger charge is -2.07. The van der Waals surface area contributed by atoms with Gasteiger partial charge in [-0.15, -0.1) is 0 Å². The lowest BCUT2D eigenvalue weighted by molar-refractivity contribution is 0.0598. The van der Waals surface area contributed by atoms with Gasteiger partial charge >= 0.3 is 5.97 Å². The van der Waals surface area contributed by atoms with Gasteiger partial charge < -0.3 is 4.74 Å². The van der Waals surface area contributed by atoms with Crippen LogP contribution in [-0.2, 0) is 4.74 Å². The van der Waals surface area contributed by atoms with Crippen molar-refractivity contribution in [2.24, 2.45) is 0 Å². The van der Waals surface area contributed by atoms with E-state index < -0.39 is 5.97 Å². The van der Waals surface area contributed by atoms with Gasteiger partial charge in [-0.25, -0.2) is 9.48 Å². The third-order valence-corrected chi connectivity index (χ3v) is 3.29. The fourth-order valence-electron chi connectivity index (χ4n) is 1.59. The SMILES string of the molecule is COC(=O)c1cnn(-c2cccc(Cl)c2Cl)c1C=O. The van der Waals surface area contributed by atoms with Crippen molar-refractivity contribution >= 4 is 35.5 Å². The normalized spacial score (nSPS) is 10.3. The first-order valence-electron chi connectivity index (χ1n) is 5.16. The zero-order chi connectivity index (χ0) is 14.0. The summed E-state index contributed by atoms with van der Waals surface area (Å²) in [7, 11) is 1.22. The summed E-state index contributed by atoms with van der Waals surface area (Å²) in [5.41, 5.74) is 0.524. The minimum atomic E-state index is -0.647. The summed E-state index contributed by atoms with van der Waals surface area (Å²) in [4.78, 5) is 22.7. The molecule has 0 atom stereocenters. The van der Waals surface area contributed by atoms with E-state index >= 15 is 0 Å². The van der Waals surface area contributed by atoms with Crippen LogP contribution in [0.2, 0.25) is 10.0 Å². The van der Waals surface area contributed by atoms with E-state index in [1.54, 1.807) is 18.2 Å². The van der Waals surface area contributed by atoms with Gasteiger partial charge in [0.05, 0.1) is 29.0 Å². The van der Waals surface area contributed by atoms with Gasteiger partial charge in [0.25, 0.3) is 0 Å². The van der Waals surface area contributed by atoms with Crippen molar-refractivity contribution in [2.45, 2.75) is 0 Å². The number of halogens is 2. The maximum atomic E-state index is 11.5. The highest BCUT2D eigenvalue weighted by Crippen LogP contribution is 2.29. The molecule has 0 N–H and O–H groups in total. The van der Waals surface area contributed by atoms with Gasteiger partial charge in [-0.05, 0) is 12.1 Å². The molecule has 0 aliphatic heterocycles. The molecule has 0 fully saturated rings. The fraction of sp³-hybridized carbons (Fsp3) is 0.0833. The molecule has 5 nitrogen and oxygen atoms in total. The number of carbonyl (C=O) groups excluding carboxylic acids is 2. The molecule has 0 aliphatic carbocycles. The predicted molar refractivity (Wildman–Crippen MR) is 70.3 cm³/mol. The molecular formula is C12H8Cl2N2O3. The average molecular weight is 299 g/mol. The van der Waals surface area contributed by atoms with Crippen LogP contribution in [0.1, 0.15) is 20.8 Å². The molecule has 0 saturated heterocycles. The number of nitrogens with zero attached hydrogens (tertiary/aromatic N) is 2. The second-order valence-corrected chi connectivity index (χ2v) is 4.32. The van der Waals surface area contributed by atoms with Gasteiger partial charge in [0, 0.05) is 0 Å². The van der Waals surface area contributed by atoms with Gasteiger partial charge in [0.1, 0.15) is 11.3 Å². The number of benzene rings is 1. The Kier molecular flexibility index (Phi) is 3.87. The van der Waals surface area contributed by atoms with Crippen LogP contribution in [0.5, 0.6) is 0 Å². The molecule has 0 aliphatic rings. The van der Waals surface area contributed by atoms with Crippen LogP contribution < -0.4 is 0 Å². The van der Waals surface area contributed by atoms with Crippen LogP contribution in [-0.4, -0.2) is 29.1 Å². The molecule has 1 aromatic carbocycles. The number of aldehydes is 1. The lowest BCUT2D eigenvalue weighted by Crippen LogP contribution is -2.07. The maximum Gasteiger partial charge on any atom is 0.341 e. The topological polar surface area (TPSA) is 61.2 Å². The fourth-order valence-corrected chi connectivity index (χ4v) is 1.96. The number of carbonyl (C=O) groups is 2. The van der Waals surface area contributed by atoms with E-state index in [4.69, 9.17) is 23.2 Å². The number of aromatic nitrogens is 2. The first-order valence-corrected chi connectivity index (χ1v) is 5.91. The second-order valence-electron chi connectivity index (χ2n) is 3.54. The van der Waals surface area contributed by atoms with E-state index in [1.165, 1.54) is 18.0 Å². The molecule has 0 unspecified atom stereocenters. The largest absolute Gasteiger partial charge is 0.465 e. The minimum absolute atomic E-state index is 0.0519. The number of hydrogen-bond acceptors (Lipinski definition) is 4. The summed E-state index contributed by atoms with van der Waals surface area (Å²) in [5.74, 6) is -0.647. The average Bonchev–Trinajstić information content (AvgIpc) is 2.84. The van der Waals surface area contributed by atoms with Gasteiger partial charge in [0.2, 0.25) is 0 Å². The molecule has 0 radical (unpaired) electrons. The summed E-state index contributed by atoms with van der Waals surface area (Å²) >= 11 is 12.0. The number of hydrogen-bond donors (Lipinski definition) is 0. The zero-order valence-electron chi connectivity index (χ0n) is 9.76. The molecule has 1 heterocycles. The first-order chi connectivity index (χ1) is 9.10. The number of ether oxygens (including phenoxy) is 1. The molecular weight excluding hydrogens is 291 g/mol. The highest BCUT2D eigenvalue weighted by molar-refractivity contribution is 6.43. The number of methoxy groups -OCH3 is 1. The summed E-state index contributed by atoms with van der Waals surface area (Å²) in [5, 5.41) is 4.54. The van der Waals surface area contributed by atoms with Gasteiger partial charge in [-0.2, -0.15) is 5.10 Å². The van der Waals surface area contributed by atoms with Crippen molar-refractivity contribution in [3.05, 3.63) is 45.7 Å². The molecule has 0 amide bonds. The molecule has 0 spiro atoms. The van der Waals surface area contributed by atoms with E-state index in [0.29, 0.717) is 17.0 Å². The minimum Gasteiger partial charge on any atom is -0.465 e. The molecule has 98 valence electrons. The van der Waals surface area contributed by atoms with Gasteiger partial charge in [-0.1, -0.05) is 29.3 Å². The van der Waals surface area contributed by atoms with Crippen LogP contribution >= 0.6 is 23.2 Å². The van der Waals surface area contributed by atoms with Crippen molar-refractivity contribution in [3.8, 4) is 5.69 Å². The quantitative estimate of drug-likeness (QED) is 0.646. The van der Waals surface area contributed by atoms with E-state index in [1.807, 2.05) is 0 Å². The van der Waals surface area contributed by atoms with Crippen molar-refractivity contribution in [1.29, 1.82) is 0 Å².